The summed E-state index contributed by atoms with van der Waals surface area (Å²) in [5, 5.41) is 8.99. The lowest BCUT2D eigenvalue weighted by Gasteiger charge is -2.08. The Hall–Kier alpha value is -2.58. The van der Waals surface area contributed by atoms with E-state index in [9.17, 15) is 8.42 Å². The number of rotatable bonds is 4. The summed E-state index contributed by atoms with van der Waals surface area (Å²) in [5.41, 5.74) is 2.01. The van der Waals surface area contributed by atoms with Crippen molar-refractivity contribution >= 4 is 32.6 Å². The topological polar surface area (TPSA) is 111 Å². The van der Waals surface area contributed by atoms with Crippen molar-refractivity contribution in [1.29, 1.82) is 0 Å². The first-order chi connectivity index (χ1) is 10.5. The van der Waals surface area contributed by atoms with Crippen LogP contribution in [0.4, 0.5) is 11.5 Å². The Morgan fingerprint density at radius 1 is 1.05 bits per heavy atom. The molecule has 0 aliphatic rings. The predicted octanol–water partition coefficient (Wildman–Crippen LogP) is 1.56. The molecule has 0 saturated carbocycles. The van der Waals surface area contributed by atoms with E-state index in [0.29, 0.717) is 17.0 Å². The molecule has 1 aromatic carbocycles. The molecule has 0 aliphatic carbocycles. The molecule has 7 nitrogen and oxygen atoms in total. The second-order valence-corrected chi connectivity index (χ2v) is 6.34. The first-order valence-corrected chi connectivity index (χ1v) is 8.15. The van der Waals surface area contributed by atoms with Crippen LogP contribution in [-0.2, 0) is 15.8 Å². The molecule has 0 aliphatic heterocycles. The van der Waals surface area contributed by atoms with Crippen molar-refractivity contribution in [3.05, 3.63) is 54.5 Å². The lowest BCUT2D eigenvalue weighted by atomic mass is 10.2. The number of primary sulfonamides is 1. The maximum Gasteiger partial charge on any atom is 0.213 e. The average Bonchev–Trinajstić information content (AvgIpc) is 2.48. The van der Waals surface area contributed by atoms with Crippen LogP contribution in [0.5, 0.6) is 0 Å². The Bertz CT molecular complexity index is 905. The molecule has 0 bridgehead atoms. The van der Waals surface area contributed by atoms with Crippen molar-refractivity contribution in [2.24, 2.45) is 5.14 Å². The highest BCUT2D eigenvalue weighted by Crippen LogP contribution is 2.21. The summed E-state index contributed by atoms with van der Waals surface area (Å²) >= 11 is 0. The lowest BCUT2D eigenvalue weighted by molar-refractivity contribution is 0.597. The fourth-order valence-electron chi connectivity index (χ4n) is 2.05. The van der Waals surface area contributed by atoms with Gasteiger partial charge in [0.1, 0.15) is 12.1 Å². The third-order valence-electron chi connectivity index (χ3n) is 2.99. The van der Waals surface area contributed by atoms with Crippen molar-refractivity contribution in [1.82, 2.24) is 15.0 Å². The summed E-state index contributed by atoms with van der Waals surface area (Å²) in [6.07, 6.45) is 3.11. The Balaban J connectivity index is 1.86. The highest BCUT2D eigenvalue weighted by Gasteiger charge is 2.06. The fourth-order valence-corrected chi connectivity index (χ4v) is 2.71. The van der Waals surface area contributed by atoms with Crippen LogP contribution in [0.25, 0.3) is 11.0 Å². The van der Waals surface area contributed by atoms with Crippen molar-refractivity contribution in [3.63, 3.8) is 0 Å². The number of anilines is 2. The van der Waals surface area contributed by atoms with Gasteiger partial charge in [0, 0.05) is 11.9 Å². The van der Waals surface area contributed by atoms with Gasteiger partial charge in [0.05, 0.1) is 11.1 Å². The average molecular weight is 315 g/mol. The maximum absolute atomic E-state index is 11.1. The van der Waals surface area contributed by atoms with E-state index in [4.69, 9.17) is 5.14 Å². The van der Waals surface area contributed by atoms with Gasteiger partial charge in [0.25, 0.3) is 0 Å². The van der Waals surface area contributed by atoms with E-state index in [1.165, 1.54) is 6.33 Å². The number of hydrogen-bond donors (Lipinski definition) is 2. The van der Waals surface area contributed by atoms with Crippen LogP contribution in [0.3, 0.4) is 0 Å². The predicted molar refractivity (Wildman–Crippen MR) is 83.9 cm³/mol. The number of pyridine rings is 1. The van der Waals surface area contributed by atoms with Gasteiger partial charge in [0.2, 0.25) is 10.0 Å². The summed E-state index contributed by atoms with van der Waals surface area (Å²) in [4.78, 5) is 12.5. The Labute approximate surface area is 127 Å². The lowest BCUT2D eigenvalue weighted by Crippen LogP contribution is -2.14. The number of benzene rings is 1. The monoisotopic (exact) mass is 315 g/mol. The molecular weight excluding hydrogens is 302 g/mol. The molecule has 3 N–H and O–H groups in total. The minimum atomic E-state index is -3.53. The number of nitrogens with one attached hydrogen (secondary N) is 1. The minimum Gasteiger partial charge on any atom is -0.340 e. The quantitative estimate of drug-likeness (QED) is 0.756. The van der Waals surface area contributed by atoms with Crippen LogP contribution >= 0.6 is 0 Å². The molecule has 0 fully saturated rings. The zero-order valence-electron chi connectivity index (χ0n) is 11.5. The van der Waals surface area contributed by atoms with E-state index >= 15 is 0 Å². The summed E-state index contributed by atoms with van der Waals surface area (Å²) in [6.45, 7) is 0. The third kappa shape index (κ3) is 3.35. The van der Waals surface area contributed by atoms with Crippen LogP contribution in [0.2, 0.25) is 0 Å². The van der Waals surface area contributed by atoms with Crippen LogP contribution in [0.15, 0.2) is 48.9 Å². The van der Waals surface area contributed by atoms with Gasteiger partial charge in [-0.25, -0.2) is 28.5 Å². The van der Waals surface area contributed by atoms with Gasteiger partial charge in [-0.3, -0.25) is 0 Å². The molecule has 0 amide bonds. The molecule has 0 radical (unpaired) electrons. The molecule has 3 aromatic rings. The van der Waals surface area contributed by atoms with Gasteiger partial charge in [-0.1, -0.05) is 12.1 Å². The normalized spacial score (nSPS) is 11.5. The highest BCUT2D eigenvalue weighted by molar-refractivity contribution is 7.88. The third-order valence-corrected chi connectivity index (χ3v) is 3.73. The number of sulfonamides is 1. The summed E-state index contributed by atoms with van der Waals surface area (Å²) < 4.78 is 22.1. The number of aromatic nitrogens is 3. The molecule has 0 atom stereocenters. The molecule has 8 heteroatoms. The summed E-state index contributed by atoms with van der Waals surface area (Å²) in [7, 11) is -3.53. The first kappa shape index (κ1) is 14.4. The van der Waals surface area contributed by atoms with Gasteiger partial charge in [-0.15, -0.1) is 0 Å². The Morgan fingerprint density at radius 3 is 2.55 bits per heavy atom. The van der Waals surface area contributed by atoms with Crippen LogP contribution < -0.4 is 10.5 Å². The fraction of sp³-hybridized carbons (Fsp3) is 0.0714. The molecule has 3 rings (SSSR count). The van der Waals surface area contributed by atoms with Gasteiger partial charge in [-0.2, -0.15) is 0 Å². The Morgan fingerprint density at radius 2 is 1.82 bits per heavy atom. The summed E-state index contributed by atoms with van der Waals surface area (Å²) in [6, 6.07) is 10.6. The van der Waals surface area contributed by atoms with Crippen LogP contribution in [-0.4, -0.2) is 23.4 Å². The zero-order valence-corrected chi connectivity index (χ0v) is 12.3. The van der Waals surface area contributed by atoms with E-state index in [0.717, 1.165) is 11.1 Å². The molecule has 0 saturated heterocycles. The minimum absolute atomic E-state index is 0.187. The van der Waals surface area contributed by atoms with Crippen molar-refractivity contribution in [3.8, 4) is 0 Å². The summed E-state index contributed by atoms with van der Waals surface area (Å²) in [5.74, 6) is 0.450. The number of nitrogens with two attached hydrogens (primary N) is 1. The zero-order chi connectivity index (χ0) is 15.6. The van der Waals surface area contributed by atoms with Crippen molar-refractivity contribution < 1.29 is 8.42 Å². The smallest absolute Gasteiger partial charge is 0.213 e. The van der Waals surface area contributed by atoms with Gasteiger partial charge in [-0.05, 0) is 29.8 Å². The van der Waals surface area contributed by atoms with E-state index in [-0.39, 0.29) is 5.75 Å². The van der Waals surface area contributed by atoms with Gasteiger partial charge < -0.3 is 5.32 Å². The number of fused-ring (bicyclic) bond motifs is 1. The van der Waals surface area contributed by atoms with E-state index in [1.54, 1.807) is 30.5 Å². The van der Waals surface area contributed by atoms with Crippen molar-refractivity contribution in [2.75, 3.05) is 5.32 Å². The number of hydrogen-bond acceptors (Lipinski definition) is 6. The molecule has 2 aromatic heterocycles. The molecule has 0 spiro atoms. The molecular formula is C14H13N5O2S. The highest BCUT2D eigenvalue weighted by atomic mass is 32.2. The van der Waals surface area contributed by atoms with Crippen LogP contribution in [0, 0.1) is 0 Å². The molecule has 0 unspecified atom stereocenters. The Kier molecular flexibility index (Phi) is 3.70. The molecule has 2 heterocycles. The molecule has 22 heavy (non-hydrogen) atoms. The number of nitrogens with zero attached hydrogens (tertiary/aromatic N) is 3. The maximum atomic E-state index is 11.1. The largest absolute Gasteiger partial charge is 0.340 e. The van der Waals surface area contributed by atoms with E-state index in [2.05, 4.69) is 20.3 Å². The second kappa shape index (κ2) is 5.66. The van der Waals surface area contributed by atoms with Crippen LogP contribution in [0.1, 0.15) is 5.56 Å². The van der Waals surface area contributed by atoms with Gasteiger partial charge >= 0.3 is 0 Å². The van der Waals surface area contributed by atoms with Gasteiger partial charge in [0.15, 0.2) is 5.65 Å². The standard InChI is InChI=1S/C14H13N5O2S/c15-22(20,21)8-10-3-5-11(6-4-10)19-14-12-2-1-7-16-13(12)17-9-18-14/h1-7,9H,8H2,(H2,15,20,21)(H,16,17,18,19). The van der Waals surface area contributed by atoms with Crippen molar-refractivity contribution in [2.45, 2.75) is 5.75 Å². The SMILES string of the molecule is NS(=O)(=O)Cc1ccc(Nc2ncnc3ncccc23)cc1. The van der Waals surface area contributed by atoms with E-state index in [1.807, 2.05) is 12.1 Å². The second-order valence-electron chi connectivity index (χ2n) is 4.73. The van der Waals surface area contributed by atoms with E-state index < -0.39 is 10.0 Å². The first-order valence-electron chi connectivity index (χ1n) is 6.43. The molecule has 112 valence electrons.